The van der Waals surface area contributed by atoms with E-state index in [1.54, 1.807) is 12.1 Å². The highest BCUT2D eigenvalue weighted by atomic mass is 16.5. The van der Waals surface area contributed by atoms with Gasteiger partial charge >= 0.3 is 0 Å². The fourth-order valence-corrected chi connectivity index (χ4v) is 5.63. The molecule has 0 amide bonds. The first-order chi connectivity index (χ1) is 23.6. The molecule has 0 saturated carbocycles. The Morgan fingerprint density at radius 2 is 0.812 bits per heavy atom. The maximum atomic E-state index is 13.3. The SMILES string of the molecule is O=C(c1ccccc1)c1ccc2cc1OCCCCCCCCOc1cc(ccc1C(=O)c1ccccc1)OCc1ccc(cc1)CO2. The Hall–Kier alpha value is -5.36. The van der Waals surface area contributed by atoms with Crippen LogP contribution in [0.1, 0.15) is 81.5 Å². The molecule has 6 heteroatoms. The van der Waals surface area contributed by atoms with Gasteiger partial charge in [-0.15, -0.1) is 0 Å². The maximum Gasteiger partial charge on any atom is 0.196 e. The topological polar surface area (TPSA) is 71.1 Å². The Kier molecular flexibility index (Phi) is 11.2. The van der Waals surface area contributed by atoms with Gasteiger partial charge in [0.2, 0.25) is 0 Å². The molecule has 0 saturated heterocycles. The molecular weight excluding hydrogens is 600 g/mol. The van der Waals surface area contributed by atoms with Gasteiger partial charge in [-0.2, -0.15) is 0 Å². The summed E-state index contributed by atoms with van der Waals surface area (Å²) in [5, 5.41) is 0. The first kappa shape index (κ1) is 32.6. The minimum atomic E-state index is -0.0759. The van der Waals surface area contributed by atoms with Crippen LogP contribution in [0.15, 0.2) is 121 Å². The number of carbonyl (C=O) groups is 2. The first-order valence-electron chi connectivity index (χ1n) is 16.7. The second-order valence-electron chi connectivity index (χ2n) is 11.9. The molecule has 5 aromatic carbocycles. The quantitative estimate of drug-likeness (QED) is 0.182. The van der Waals surface area contributed by atoms with Gasteiger partial charge in [-0.3, -0.25) is 9.59 Å². The highest BCUT2D eigenvalue weighted by Gasteiger charge is 2.18. The minimum Gasteiger partial charge on any atom is -0.493 e. The molecule has 0 radical (unpaired) electrons. The normalized spacial score (nSPS) is 14.2. The largest absolute Gasteiger partial charge is 0.493 e. The number of fused-ring (bicyclic) bond motifs is 13. The highest BCUT2D eigenvalue weighted by Crippen LogP contribution is 2.30. The molecule has 0 unspecified atom stereocenters. The number of hydrogen-bond acceptors (Lipinski definition) is 6. The molecule has 5 aromatic rings. The van der Waals surface area contributed by atoms with Crippen LogP contribution >= 0.6 is 0 Å². The molecular formula is C42H40O6. The van der Waals surface area contributed by atoms with Crippen LogP contribution < -0.4 is 18.9 Å². The number of carbonyl (C=O) groups excluding carboxylic acids is 2. The van der Waals surface area contributed by atoms with E-state index in [1.807, 2.05) is 109 Å². The van der Waals surface area contributed by atoms with Crippen molar-refractivity contribution in [3.05, 3.63) is 155 Å². The molecule has 0 fully saturated rings. The molecule has 2 aliphatic heterocycles. The Morgan fingerprint density at radius 1 is 0.417 bits per heavy atom. The summed E-state index contributed by atoms with van der Waals surface area (Å²) < 4.78 is 24.7. The molecule has 244 valence electrons. The van der Waals surface area contributed by atoms with Crippen molar-refractivity contribution in [2.24, 2.45) is 0 Å². The van der Waals surface area contributed by atoms with Crippen molar-refractivity contribution >= 4 is 11.6 Å². The zero-order valence-electron chi connectivity index (χ0n) is 27.1. The third kappa shape index (κ3) is 8.71. The van der Waals surface area contributed by atoms with Crippen molar-refractivity contribution < 1.29 is 28.5 Å². The van der Waals surface area contributed by atoms with Crippen molar-refractivity contribution in [2.75, 3.05) is 13.2 Å². The molecule has 7 rings (SSSR count). The van der Waals surface area contributed by atoms with Crippen LogP contribution in [0.3, 0.4) is 0 Å². The van der Waals surface area contributed by atoms with Crippen molar-refractivity contribution in [1.82, 2.24) is 0 Å². The number of ether oxygens (including phenoxy) is 4. The van der Waals surface area contributed by atoms with Crippen LogP contribution in [0.2, 0.25) is 0 Å². The van der Waals surface area contributed by atoms with Gasteiger partial charge in [0.25, 0.3) is 0 Å². The molecule has 0 aromatic heterocycles. The molecule has 2 aliphatic rings. The highest BCUT2D eigenvalue weighted by molar-refractivity contribution is 6.11. The molecule has 48 heavy (non-hydrogen) atoms. The Balaban J connectivity index is 1.18. The maximum absolute atomic E-state index is 13.3. The third-order valence-electron chi connectivity index (χ3n) is 8.36. The van der Waals surface area contributed by atoms with Crippen LogP contribution in [-0.4, -0.2) is 24.8 Å². The van der Waals surface area contributed by atoms with E-state index in [4.69, 9.17) is 18.9 Å². The number of ketones is 2. The summed E-state index contributed by atoms with van der Waals surface area (Å²) in [7, 11) is 0. The summed E-state index contributed by atoms with van der Waals surface area (Å²) in [4.78, 5) is 26.7. The van der Waals surface area contributed by atoms with E-state index >= 15 is 0 Å². The van der Waals surface area contributed by atoms with Gasteiger partial charge in [-0.05, 0) is 48.2 Å². The predicted octanol–water partition coefficient (Wildman–Crippen LogP) is 9.42. The molecule has 2 heterocycles. The lowest BCUT2D eigenvalue weighted by Crippen LogP contribution is -2.08. The van der Waals surface area contributed by atoms with Gasteiger partial charge in [-0.25, -0.2) is 0 Å². The van der Waals surface area contributed by atoms with Crippen molar-refractivity contribution in [3.8, 4) is 23.0 Å². The molecule has 0 aliphatic carbocycles. The fourth-order valence-electron chi connectivity index (χ4n) is 5.63. The molecule has 0 spiro atoms. The lowest BCUT2D eigenvalue weighted by molar-refractivity contribution is 0.102. The smallest absolute Gasteiger partial charge is 0.196 e. The van der Waals surface area contributed by atoms with Crippen molar-refractivity contribution in [2.45, 2.75) is 51.7 Å². The third-order valence-corrected chi connectivity index (χ3v) is 8.36. The zero-order valence-corrected chi connectivity index (χ0v) is 27.1. The number of rotatable bonds is 4. The molecule has 0 N–H and O–H groups in total. The zero-order chi connectivity index (χ0) is 33.0. The van der Waals surface area contributed by atoms with Crippen molar-refractivity contribution in [1.29, 1.82) is 0 Å². The Labute approximate surface area is 282 Å². The van der Waals surface area contributed by atoms with Crippen LogP contribution in [0.5, 0.6) is 23.0 Å². The summed E-state index contributed by atoms with van der Waals surface area (Å²) in [5.41, 5.74) is 4.29. The van der Waals surface area contributed by atoms with Crippen LogP contribution in [0.25, 0.3) is 0 Å². The lowest BCUT2D eigenvalue weighted by atomic mass is 10.0. The predicted molar refractivity (Wildman–Crippen MR) is 186 cm³/mol. The standard InChI is InChI=1S/C42H40O6/c43-41(33-13-7-5-8-14-33)37-23-21-35-27-39(37)45-25-11-3-1-2-4-12-26-46-40-28-36(48-30-32-19-17-31(18-20-32)29-47-35)22-24-38(40)42(44)34-15-9-6-10-16-34/h5-10,13-24,27-28H,1-4,11-12,25-26,29-30H2. The first-order valence-corrected chi connectivity index (χ1v) is 16.7. The average Bonchev–Trinajstić information content (AvgIpc) is 3.14. The summed E-state index contributed by atoms with van der Waals surface area (Å²) in [5.74, 6) is 2.20. The van der Waals surface area contributed by atoms with Gasteiger partial charge in [0.05, 0.1) is 24.3 Å². The van der Waals surface area contributed by atoms with E-state index in [0.717, 1.165) is 49.7 Å². The monoisotopic (exact) mass is 640 g/mol. The summed E-state index contributed by atoms with van der Waals surface area (Å²) in [6, 6.07) is 37.5. The summed E-state index contributed by atoms with van der Waals surface area (Å²) in [6.45, 7) is 1.76. The molecule has 6 bridgehead atoms. The van der Waals surface area contributed by atoms with Crippen LogP contribution in [-0.2, 0) is 13.2 Å². The lowest BCUT2D eigenvalue weighted by Gasteiger charge is -2.15. The van der Waals surface area contributed by atoms with Crippen LogP contribution in [0.4, 0.5) is 0 Å². The van der Waals surface area contributed by atoms with Gasteiger partial charge in [0.1, 0.15) is 36.2 Å². The molecule has 6 nitrogen and oxygen atoms in total. The van der Waals surface area contributed by atoms with Gasteiger partial charge < -0.3 is 18.9 Å². The molecule has 0 atom stereocenters. The van der Waals surface area contributed by atoms with E-state index in [1.165, 1.54) is 0 Å². The van der Waals surface area contributed by atoms with E-state index in [9.17, 15) is 9.59 Å². The van der Waals surface area contributed by atoms with Gasteiger partial charge in [-0.1, -0.05) is 111 Å². The summed E-state index contributed by atoms with van der Waals surface area (Å²) in [6.07, 6.45) is 5.94. The van der Waals surface area contributed by atoms with Gasteiger partial charge in [0.15, 0.2) is 11.6 Å². The minimum absolute atomic E-state index is 0.0759. The Morgan fingerprint density at radius 3 is 1.23 bits per heavy atom. The fraction of sp³-hybridized carbons (Fsp3) is 0.238. The van der Waals surface area contributed by atoms with E-state index in [-0.39, 0.29) is 11.6 Å². The second kappa shape index (κ2) is 16.5. The van der Waals surface area contributed by atoms with E-state index in [0.29, 0.717) is 71.7 Å². The number of hydrogen-bond donors (Lipinski definition) is 0. The Bertz CT molecular complexity index is 1660. The van der Waals surface area contributed by atoms with E-state index in [2.05, 4.69) is 0 Å². The summed E-state index contributed by atoms with van der Waals surface area (Å²) >= 11 is 0. The number of benzene rings is 5. The van der Waals surface area contributed by atoms with E-state index < -0.39 is 0 Å². The van der Waals surface area contributed by atoms with Crippen LogP contribution in [0, 0.1) is 0 Å². The van der Waals surface area contributed by atoms with Crippen molar-refractivity contribution in [3.63, 3.8) is 0 Å². The average molecular weight is 641 g/mol. The van der Waals surface area contributed by atoms with Gasteiger partial charge in [0, 0.05) is 23.3 Å². The second-order valence-corrected chi connectivity index (χ2v) is 11.9.